The largest absolute Gasteiger partial charge is 0.321 e. The zero-order valence-corrected chi connectivity index (χ0v) is 17.4. The summed E-state index contributed by atoms with van der Waals surface area (Å²) >= 11 is 0. The summed E-state index contributed by atoms with van der Waals surface area (Å²) in [5.41, 5.74) is 2.44. The summed E-state index contributed by atoms with van der Waals surface area (Å²) in [4.78, 5) is 12.8. The number of nitrogens with zero attached hydrogens (tertiary/aromatic N) is 2. The normalized spacial score (nSPS) is 15.5. The Bertz CT molecular complexity index is 1100. The molecule has 3 aromatic rings. The molecular weight excluding hydrogens is 400 g/mol. The molecule has 0 radical (unpaired) electrons. The highest BCUT2D eigenvalue weighted by atomic mass is 32.2. The van der Waals surface area contributed by atoms with Gasteiger partial charge in [0.05, 0.1) is 10.6 Å². The molecule has 7 nitrogen and oxygen atoms in total. The van der Waals surface area contributed by atoms with Crippen LogP contribution in [0.25, 0.3) is 11.3 Å². The minimum atomic E-state index is -3.51. The molecule has 2 heterocycles. The van der Waals surface area contributed by atoms with Crippen LogP contribution in [0, 0.1) is 0 Å². The van der Waals surface area contributed by atoms with Crippen molar-refractivity contribution in [3.05, 3.63) is 66.4 Å². The fourth-order valence-corrected chi connectivity index (χ4v) is 5.05. The highest BCUT2D eigenvalue weighted by Crippen LogP contribution is 2.22. The minimum absolute atomic E-state index is 0.246. The third-order valence-electron chi connectivity index (χ3n) is 5.21. The van der Waals surface area contributed by atoms with E-state index in [0.29, 0.717) is 30.2 Å². The quantitative estimate of drug-likeness (QED) is 0.649. The van der Waals surface area contributed by atoms with Crippen molar-refractivity contribution in [2.24, 2.45) is 0 Å². The van der Waals surface area contributed by atoms with E-state index in [1.165, 1.54) is 12.1 Å². The van der Waals surface area contributed by atoms with Crippen LogP contribution in [0.4, 0.5) is 5.69 Å². The maximum atomic E-state index is 12.9. The number of carbonyl (C=O) groups is 1. The Balaban J connectivity index is 1.44. The van der Waals surface area contributed by atoms with E-state index in [4.69, 9.17) is 0 Å². The summed E-state index contributed by atoms with van der Waals surface area (Å²) in [6.07, 6.45) is 3.91. The van der Waals surface area contributed by atoms with Crippen LogP contribution in [0.2, 0.25) is 0 Å². The van der Waals surface area contributed by atoms with Crippen molar-refractivity contribution in [2.45, 2.75) is 30.6 Å². The van der Waals surface area contributed by atoms with E-state index in [0.717, 1.165) is 31.2 Å². The molecule has 0 atom stereocenters. The number of aromatic nitrogens is 2. The Morgan fingerprint density at radius 1 is 0.933 bits per heavy atom. The molecule has 1 saturated heterocycles. The van der Waals surface area contributed by atoms with Gasteiger partial charge in [0, 0.05) is 24.3 Å². The third-order valence-corrected chi connectivity index (χ3v) is 7.12. The first-order valence-electron chi connectivity index (χ1n) is 10.1. The number of hydrogen-bond donors (Lipinski definition) is 2. The molecule has 1 aliphatic heterocycles. The SMILES string of the molecule is O=C(Nc1ccc(S(=O)(=O)N2CCCCCC2)cc1)c1cc(-c2ccccc2)n[nH]1. The van der Waals surface area contributed by atoms with Gasteiger partial charge in [-0.3, -0.25) is 9.89 Å². The van der Waals surface area contributed by atoms with Crippen LogP contribution in [-0.4, -0.2) is 41.9 Å². The molecule has 1 amide bonds. The first kappa shape index (κ1) is 20.3. The summed E-state index contributed by atoms with van der Waals surface area (Å²) in [7, 11) is -3.51. The molecule has 156 valence electrons. The molecule has 1 aromatic heterocycles. The molecule has 0 saturated carbocycles. The number of H-pyrrole nitrogens is 1. The van der Waals surface area contributed by atoms with Crippen molar-refractivity contribution in [1.82, 2.24) is 14.5 Å². The molecule has 8 heteroatoms. The van der Waals surface area contributed by atoms with Gasteiger partial charge in [-0.15, -0.1) is 0 Å². The van der Waals surface area contributed by atoms with Crippen molar-refractivity contribution in [3.8, 4) is 11.3 Å². The highest BCUT2D eigenvalue weighted by molar-refractivity contribution is 7.89. The van der Waals surface area contributed by atoms with Crippen LogP contribution in [0.3, 0.4) is 0 Å². The first-order chi connectivity index (χ1) is 14.5. The molecule has 1 aliphatic rings. The molecule has 0 aliphatic carbocycles. The average Bonchev–Trinajstić information content (AvgIpc) is 3.10. The van der Waals surface area contributed by atoms with Gasteiger partial charge in [-0.05, 0) is 43.2 Å². The number of rotatable bonds is 5. The Kier molecular flexibility index (Phi) is 5.96. The van der Waals surface area contributed by atoms with Crippen molar-refractivity contribution in [3.63, 3.8) is 0 Å². The molecule has 4 rings (SSSR count). The number of nitrogens with one attached hydrogen (secondary N) is 2. The fourth-order valence-electron chi connectivity index (χ4n) is 3.53. The monoisotopic (exact) mass is 424 g/mol. The number of hydrogen-bond acceptors (Lipinski definition) is 4. The molecule has 2 N–H and O–H groups in total. The molecule has 0 bridgehead atoms. The average molecular weight is 425 g/mol. The Hall–Kier alpha value is -2.97. The van der Waals surface area contributed by atoms with Crippen LogP contribution in [-0.2, 0) is 10.0 Å². The lowest BCUT2D eigenvalue weighted by molar-refractivity contribution is 0.102. The molecule has 0 unspecified atom stereocenters. The van der Waals surface area contributed by atoms with Gasteiger partial charge in [-0.1, -0.05) is 43.2 Å². The predicted molar refractivity (Wildman–Crippen MR) is 116 cm³/mol. The van der Waals surface area contributed by atoms with Crippen LogP contribution >= 0.6 is 0 Å². The van der Waals surface area contributed by atoms with Gasteiger partial charge in [0.25, 0.3) is 5.91 Å². The maximum absolute atomic E-state index is 12.9. The zero-order valence-electron chi connectivity index (χ0n) is 16.5. The van der Waals surface area contributed by atoms with E-state index in [-0.39, 0.29) is 10.8 Å². The number of sulfonamides is 1. The van der Waals surface area contributed by atoms with Crippen LogP contribution in [0.15, 0.2) is 65.6 Å². The lowest BCUT2D eigenvalue weighted by Crippen LogP contribution is -2.31. The molecule has 1 fully saturated rings. The number of aromatic amines is 1. The van der Waals surface area contributed by atoms with Gasteiger partial charge in [-0.25, -0.2) is 8.42 Å². The Morgan fingerprint density at radius 2 is 1.60 bits per heavy atom. The second kappa shape index (κ2) is 8.81. The summed E-state index contributed by atoms with van der Waals surface area (Å²) in [5, 5.41) is 9.70. The summed E-state index contributed by atoms with van der Waals surface area (Å²) in [6.45, 7) is 1.12. The van der Waals surface area contributed by atoms with E-state index in [9.17, 15) is 13.2 Å². The number of amides is 1. The molecule has 2 aromatic carbocycles. The van der Waals surface area contributed by atoms with E-state index in [1.54, 1.807) is 22.5 Å². The lowest BCUT2D eigenvalue weighted by Gasteiger charge is -2.20. The fraction of sp³-hybridized carbons (Fsp3) is 0.273. The highest BCUT2D eigenvalue weighted by Gasteiger charge is 2.25. The standard InChI is InChI=1S/C22H24N4O3S/c27-22(21-16-20(24-25-21)17-8-4-3-5-9-17)23-18-10-12-19(13-11-18)30(28,29)26-14-6-1-2-7-15-26/h3-5,8-13,16H,1-2,6-7,14-15H2,(H,23,27)(H,24,25). The minimum Gasteiger partial charge on any atom is -0.321 e. The summed E-state index contributed by atoms with van der Waals surface area (Å²) in [5.74, 6) is -0.340. The maximum Gasteiger partial charge on any atom is 0.273 e. The molecule has 0 spiro atoms. The van der Waals surface area contributed by atoms with Gasteiger partial charge in [-0.2, -0.15) is 9.40 Å². The van der Waals surface area contributed by atoms with Gasteiger partial charge >= 0.3 is 0 Å². The Labute approximate surface area is 176 Å². The molecular formula is C22H24N4O3S. The van der Waals surface area contributed by atoms with E-state index >= 15 is 0 Å². The van der Waals surface area contributed by atoms with Gasteiger partial charge in [0.1, 0.15) is 5.69 Å². The molecule has 30 heavy (non-hydrogen) atoms. The van der Waals surface area contributed by atoms with Crippen LogP contribution in [0.5, 0.6) is 0 Å². The van der Waals surface area contributed by atoms with Crippen molar-refractivity contribution in [1.29, 1.82) is 0 Å². The predicted octanol–water partition coefficient (Wildman–Crippen LogP) is 3.89. The Morgan fingerprint density at radius 3 is 2.27 bits per heavy atom. The third kappa shape index (κ3) is 4.44. The summed E-state index contributed by atoms with van der Waals surface area (Å²) < 4.78 is 27.3. The van der Waals surface area contributed by atoms with Crippen molar-refractivity contribution < 1.29 is 13.2 Å². The number of benzene rings is 2. The topological polar surface area (TPSA) is 95.2 Å². The van der Waals surface area contributed by atoms with E-state index in [2.05, 4.69) is 15.5 Å². The van der Waals surface area contributed by atoms with Crippen LogP contribution < -0.4 is 5.32 Å². The van der Waals surface area contributed by atoms with Gasteiger partial charge in [0.2, 0.25) is 10.0 Å². The zero-order chi connectivity index (χ0) is 21.0. The lowest BCUT2D eigenvalue weighted by atomic mass is 10.1. The van der Waals surface area contributed by atoms with Crippen molar-refractivity contribution >= 4 is 21.6 Å². The summed E-state index contributed by atoms with van der Waals surface area (Å²) in [6, 6.07) is 17.5. The van der Waals surface area contributed by atoms with E-state index in [1.807, 2.05) is 30.3 Å². The second-order valence-corrected chi connectivity index (χ2v) is 9.27. The van der Waals surface area contributed by atoms with Crippen molar-refractivity contribution in [2.75, 3.05) is 18.4 Å². The van der Waals surface area contributed by atoms with Crippen LogP contribution in [0.1, 0.15) is 36.2 Å². The number of anilines is 1. The smallest absolute Gasteiger partial charge is 0.273 e. The first-order valence-corrected chi connectivity index (χ1v) is 11.5. The second-order valence-electron chi connectivity index (χ2n) is 7.33. The van der Waals surface area contributed by atoms with E-state index < -0.39 is 10.0 Å². The number of carbonyl (C=O) groups excluding carboxylic acids is 1. The van der Waals surface area contributed by atoms with Gasteiger partial charge in [0.15, 0.2) is 0 Å². The van der Waals surface area contributed by atoms with Gasteiger partial charge < -0.3 is 5.32 Å².